The summed E-state index contributed by atoms with van der Waals surface area (Å²) in [4.78, 5) is 34.2. The molecule has 0 radical (unpaired) electrons. The average Bonchev–Trinajstić information content (AvgIpc) is 3.34. The number of nitrogens with zero attached hydrogens (tertiary/aromatic N) is 1. The number of amides is 1. The maximum absolute atomic E-state index is 12.5. The van der Waals surface area contributed by atoms with Crippen LogP contribution in [-0.4, -0.2) is 27.7 Å². The van der Waals surface area contributed by atoms with Gasteiger partial charge in [0.1, 0.15) is 4.83 Å². The molecule has 0 aliphatic heterocycles. The Balaban J connectivity index is 1.49. The van der Waals surface area contributed by atoms with E-state index in [1.54, 1.807) is 11.3 Å². The summed E-state index contributed by atoms with van der Waals surface area (Å²) in [5.74, 6) is 1.60. The Morgan fingerprint density at radius 3 is 3.00 bits per heavy atom. The van der Waals surface area contributed by atoms with Crippen LogP contribution in [0.2, 0.25) is 0 Å². The van der Waals surface area contributed by atoms with Gasteiger partial charge in [-0.05, 0) is 56.4 Å². The number of rotatable bonds is 5. The molecule has 1 amide bonds. The molecule has 2 aromatic rings. The van der Waals surface area contributed by atoms with Crippen molar-refractivity contribution in [3.8, 4) is 0 Å². The highest BCUT2D eigenvalue weighted by Gasteiger charge is 2.29. The van der Waals surface area contributed by atoms with Crippen molar-refractivity contribution >= 4 is 39.2 Å². The van der Waals surface area contributed by atoms with Crippen molar-refractivity contribution in [2.45, 2.75) is 57.1 Å². The van der Waals surface area contributed by atoms with E-state index < -0.39 is 0 Å². The van der Waals surface area contributed by atoms with E-state index in [-0.39, 0.29) is 23.3 Å². The van der Waals surface area contributed by atoms with Crippen molar-refractivity contribution in [1.82, 2.24) is 15.3 Å². The zero-order chi connectivity index (χ0) is 17.6. The number of hydrogen-bond donors (Lipinski definition) is 2. The van der Waals surface area contributed by atoms with E-state index in [4.69, 9.17) is 0 Å². The van der Waals surface area contributed by atoms with Gasteiger partial charge in [0, 0.05) is 10.9 Å². The lowest BCUT2D eigenvalue weighted by Crippen LogP contribution is -2.35. The fourth-order valence-corrected chi connectivity index (χ4v) is 5.65. The maximum atomic E-state index is 12.5. The van der Waals surface area contributed by atoms with Gasteiger partial charge < -0.3 is 10.3 Å². The van der Waals surface area contributed by atoms with Crippen LogP contribution in [0.3, 0.4) is 0 Å². The van der Waals surface area contributed by atoms with Crippen LogP contribution in [0.5, 0.6) is 0 Å². The lowest BCUT2D eigenvalue weighted by atomic mass is 9.89. The first-order valence-electron chi connectivity index (χ1n) is 8.98. The van der Waals surface area contributed by atoms with Gasteiger partial charge in [0.15, 0.2) is 5.16 Å². The summed E-state index contributed by atoms with van der Waals surface area (Å²) < 4.78 is 0. The summed E-state index contributed by atoms with van der Waals surface area (Å²) in [5.41, 5.74) is 1.13. The molecule has 1 fully saturated rings. The standard InChI is InChI=1S/C18H23N3O2S2/c1-9-3-6-12-13(7-9)25-17-15(12)16(23)20-18(21-17)24-8-14(22)19-10(2)11-4-5-11/h9-11H,3-8H2,1-2H3,(H,19,22)(H,20,21,23)/t9-,10-/m1/s1. The Bertz CT molecular complexity index is 869. The number of carbonyl (C=O) groups is 1. The second kappa shape index (κ2) is 6.76. The normalized spacial score (nSPS) is 21.1. The molecule has 25 heavy (non-hydrogen) atoms. The molecule has 0 unspecified atom stereocenters. The van der Waals surface area contributed by atoms with Crippen LogP contribution in [0, 0.1) is 11.8 Å². The molecule has 5 nitrogen and oxygen atoms in total. The van der Waals surface area contributed by atoms with E-state index in [9.17, 15) is 9.59 Å². The van der Waals surface area contributed by atoms with Crippen LogP contribution >= 0.6 is 23.1 Å². The summed E-state index contributed by atoms with van der Waals surface area (Å²) in [6.45, 7) is 4.32. The van der Waals surface area contributed by atoms with E-state index in [1.807, 2.05) is 0 Å². The van der Waals surface area contributed by atoms with Gasteiger partial charge in [0.05, 0.1) is 11.1 Å². The van der Waals surface area contributed by atoms with Gasteiger partial charge in [-0.1, -0.05) is 18.7 Å². The smallest absolute Gasteiger partial charge is 0.260 e. The topological polar surface area (TPSA) is 74.8 Å². The Morgan fingerprint density at radius 2 is 2.24 bits per heavy atom. The first-order chi connectivity index (χ1) is 12.0. The van der Waals surface area contributed by atoms with Crippen LogP contribution in [-0.2, 0) is 17.6 Å². The first-order valence-corrected chi connectivity index (χ1v) is 10.8. The zero-order valence-corrected chi connectivity index (χ0v) is 16.2. The quantitative estimate of drug-likeness (QED) is 0.620. The van der Waals surface area contributed by atoms with E-state index in [1.165, 1.54) is 35.0 Å². The number of aryl methyl sites for hydroxylation is 1. The Morgan fingerprint density at radius 1 is 1.44 bits per heavy atom. The highest BCUT2D eigenvalue weighted by atomic mass is 32.2. The third-order valence-electron chi connectivity index (χ3n) is 5.20. The number of thiophene rings is 1. The Hall–Kier alpha value is -1.34. The number of aromatic amines is 1. The lowest BCUT2D eigenvalue weighted by molar-refractivity contribution is -0.119. The molecule has 0 saturated heterocycles. The van der Waals surface area contributed by atoms with Gasteiger partial charge in [-0.25, -0.2) is 4.98 Å². The molecule has 0 spiro atoms. The predicted octanol–water partition coefficient (Wildman–Crippen LogP) is 3.12. The van der Waals surface area contributed by atoms with Gasteiger partial charge >= 0.3 is 0 Å². The fraction of sp³-hybridized carbons (Fsp3) is 0.611. The van der Waals surface area contributed by atoms with Gasteiger partial charge in [0.2, 0.25) is 5.91 Å². The molecule has 2 aliphatic rings. The second-order valence-electron chi connectivity index (χ2n) is 7.39. The molecular formula is C18H23N3O2S2. The molecule has 2 aromatic heterocycles. The Labute approximate surface area is 155 Å². The molecule has 2 N–H and O–H groups in total. The number of H-pyrrole nitrogens is 1. The van der Waals surface area contributed by atoms with Crippen molar-refractivity contribution < 1.29 is 4.79 Å². The molecule has 0 aromatic carbocycles. The van der Waals surface area contributed by atoms with Crippen molar-refractivity contribution in [3.63, 3.8) is 0 Å². The summed E-state index contributed by atoms with van der Waals surface area (Å²) in [6.07, 6.45) is 5.56. The largest absolute Gasteiger partial charge is 0.353 e. The van der Waals surface area contributed by atoms with Gasteiger partial charge in [-0.2, -0.15) is 0 Å². The van der Waals surface area contributed by atoms with Crippen LogP contribution in [0.1, 0.15) is 43.6 Å². The second-order valence-corrected chi connectivity index (χ2v) is 9.43. The van der Waals surface area contributed by atoms with E-state index in [0.29, 0.717) is 17.0 Å². The predicted molar refractivity (Wildman–Crippen MR) is 102 cm³/mol. The number of thioether (sulfide) groups is 1. The summed E-state index contributed by atoms with van der Waals surface area (Å²) >= 11 is 2.95. The third kappa shape index (κ3) is 3.62. The lowest BCUT2D eigenvalue weighted by Gasteiger charge is -2.17. The summed E-state index contributed by atoms with van der Waals surface area (Å²) in [6, 6.07) is 0.244. The number of fused-ring (bicyclic) bond motifs is 3. The molecule has 2 heterocycles. The SMILES string of the molecule is C[C@@H]1CCc2c(sc3nc(SCC(=O)N[C@H](C)C4CC4)[nH]c(=O)c23)C1. The average molecular weight is 378 g/mol. The molecule has 2 atom stereocenters. The number of hydrogen-bond acceptors (Lipinski definition) is 5. The number of aromatic nitrogens is 2. The molecule has 0 bridgehead atoms. The van der Waals surface area contributed by atoms with Gasteiger partial charge in [-0.15, -0.1) is 11.3 Å². The van der Waals surface area contributed by atoms with Gasteiger partial charge in [0.25, 0.3) is 5.56 Å². The maximum Gasteiger partial charge on any atom is 0.260 e. The molecule has 7 heteroatoms. The number of nitrogens with one attached hydrogen (secondary N) is 2. The Kier molecular flexibility index (Phi) is 4.62. The first kappa shape index (κ1) is 17.1. The van der Waals surface area contributed by atoms with E-state index in [2.05, 4.69) is 29.1 Å². The third-order valence-corrected chi connectivity index (χ3v) is 7.22. The van der Waals surface area contributed by atoms with Crippen molar-refractivity contribution in [2.24, 2.45) is 11.8 Å². The minimum atomic E-state index is -0.0636. The van der Waals surface area contributed by atoms with E-state index in [0.717, 1.165) is 29.5 Å². The van der Waals surface area contributed by atoms with Crippen LogP contribution < -0.4 is 10.9 Å². The highest BCUT2D eigenvalue weighted by Crippen LogP contribution is 2.36. The highest BCUT2D eigenvalue weighted by molar-refractivity contribution is 7.99. The zero-order valence-electron chi connectivity index (χ0n) is 14.6. The van der Waals surface area contributed by atoms with Crippen LogP contribution in [0.25, 0.3) is 10.2 Å². The molecule has 1 saturated carbocycles. The van der Waals surface area contributed by atoms with Crippen LogP contribution in [0.15, 0.2) is 9.95 Å². The van der Waals surface area contributed by atoms with Crippen LogP contribution in [0.4, 0.5) is 0 Å². The summed E-state index contributed by atoms with van der Waals surface area (Å²) in [7, 11) is 0. The van der Waals surface area contributed by atoms with Gasteiger partial charge in [-0.3, -0.25) is 9.59 Å². The molecule has 4 rings (SSSR count). The van der Waals surface area contributed by atoms with Crippen molar-refractivity contribution in [3.05, 3.63) is 20.8 Å². The number of carbonyl (C=O) groups excluding carboxylic acids is 1. The van der Waals surface area contributed by atoms with Crippen molar-refractivity contribution in [2.75, 3.05) is 5.75 Å². The molecule has 2 aliphatic carbocycles. The van der Waals surface area contributed by atoms with E-state index >= 15 is 0 Å². The molecular weight excluding hydrogens is 354 g/mol. The van der Waals surface area contributed by atoms with Crippen molar-refractivity contribution in [1.29, 1.82) is 0 Å². The minimum absolute atomic E-state index is 0.00597. The fourth-order valence-electron chi connectivity index (χ4n) is 3.54. The minimum Gasteiger partial charge on any atom is -0.353 e. The summed E-state index contributed by atoms with van der Waals surface area (Å²) in [5, 5.41) is 4.34. The molecule has 134 valence electrons. The monoisotopic (exact) mass is 377 g/mol.